The highest BCUT2D eigenvalue weighted by atomic mass is 16.3. The molecule has 0 saturated carbocycles. The van der Waals surface area contributed by atoms with Crippen LogP contribution in [0.2, 0.25) is 0 Å². The van der Waals surface area contributed by atoms with Gasteiger partial charge in [0.25, 0.3) is 0 Å². The van der Waals surface area contributed by atoms with Gasteiger partial charge in [-0.2, -0.15) is 0 Å². The van der Waals surface area contributed by atoms with Crippen molar-refractivity contribution in [2.24, 2.45) is 5.73 Å². The van der Waals surface area contributed by atoms with Gasteiger partial charge in [-0.3, -0.25) is 0 Å². The normalized spacial score (nSPS) is 30.2. The number of likely N-dealkylation sites (N-methyl/N-ethyl adjacent to an activating group) is 1. The SMILES string of the molecule is CN(C)CCN1CCC(N)(CO)C1. The molecule has 3 N–H and O–H groups in total. The number of aliphatic hydroxyl groups is 1. The maximum atomic E-state index is 9.06. The molecule has 4 heteroatoms. The second-order valence-corrected chi connectivity index (χ2v) is 4.35. The smallest absolute Gasteiger partial charge is 0.0624 e. The minimum Gasteiger partial charge on any atom is -0.394 e. The zero-order chi connectivity index (χ0) is 9.90. The van der Waals surface area contributed by atoms with Crippen molar-refractivity contribution < 1.29 is 5.11 Å². The van der Waals surface area contributed by atoms with Gasteiger partial charge in [0.1, 0.15) is 0 Å². The van der Waals surface area contributed by atoms with Crippen molar-refractivity contribution in [2.45, 2.75) is 12.0 Å². The molecule has 1 saturated heterocycles. The minimum atomic E-state index is -0.341. The van der Waals surface area contributed by atoms with Gasteiger partial charge in [-0.15, -0.1) is 0 Å². The second kappa shape index (κ2) is 4.37. The van der Waals surface area contributed by atoms with Crippen LogP contribution in [0.15, 0.2) is 0 Å². The van der Waals surface area contributed by atoms with Crippen molar-refractivity contribution in [1.29, 1.82) is 0 Å². The number of hydrogen-bond donors (Lipinski definition) is 2. The number of aliphatic hydroxyl groups excluding tert-OH is 1. The van der Waals surface area contributed by atoms with Crippen LogP contribution in [0.3, 0.4) is 0 Å². The summed E-state index contributed by atoms with van der Waals surface area (Å²) in [5.74, 6) is 0. The van der Waals surface area contributed by atoms with E-state index < -0.39 is 0 Å². The summed E-state index contributed by atoms with van der Waals surface area (Å²) in [6, 6.07) is 0. The lowest BCUT2D eigenvalue weighted by atomic mass is 10.0. The Labute approximate surface area is 80.3 Å². The van der Waals surface area contributed by atoms with Crippen molar-refractivity contribution in [1.82, 2.24) is 9.80 Å². The fourth-order valence-corrected chi connectivity index (χ4v) is 1.65. The van der Waals surface area contributed by atoms with E-state index in [0.29, 0.717) is 0 Å². The average Bonchev–Trinajstić information content (AvgIpc) is 2.45. The largest absolute Gasteiger partial charge is 0.394 e. The quantitative estimate of drug-likeness (QED) is 0.589. The molecule has 4 nitrogen and oxygen atoms in total. The molecule has 78 valence electrons. The van der Waals surface area contributed by atoms with Crippen LogP contribution in [-0.2, 0) is 0 Å². The van der Waals surface area contributed by atoms with Crippen LogP contribution in [0.4, 0.5) is 0 Å². The Kier molecular flexibility index (Phi) is 3.67. The molecule has 1 heterocycles. The summed E-state index contributed by atoms with van der Waals surface area (Å²) in [5, 5.41) is 9.06. The molecule has 1 rings (SSSR count). The summed E-state index contributed by atoms with van der Waals surface area (Å²) in [7, 11) is 4.13. The van der Waals surface area contributed by atoms with E-state index in [0.717, 1.165) is 32.6 Å². The van der Waals surface area contributed by atoms with E-state index in [1.165, 1.54) is 0 Å². The van der Waals surface area contributed by atoms with Gasteiger partial charge < -0.3 is 20.6 Å². The fraction of sp³-hybridized carbons (Fsp3) is 1.00. The van der Waals surface area contributed by atoms with Crippen LogP contribution in [-0.4, -0.2) is 67.3 Å². The molecule has 0 aromatic rings. The Balaban J connectivity index is 2.25. The van der Waals surface area contributed by atoms with Gasteiger partial charge in [0, 0.05) is 26.2 Å². The number of hydrogen-bond acceptors (Lipinski definition) is 4. The van der Waals surface area contributed by atoms with E-state index in [1.807, 2.05) is 0 Å². The lowest BCUT2D eigenvalue weighted by Gasteiger charge is -2.22. The Hall–Kier alpha value is -0.160. The van der Waals surface area contributed by atoms with Gasteiger partial charge in [0.15, 0.2) is 0 Å². The number of likely N-dealkylation sites (tertiary alicyclic amines) is 1. The Morgan fingerprint density at radius 3 is 2.69 bits per heavy atom. The van der Waals surface area contributed by atoms with Gasteiger partial charge in [0.2, 0.25) is 0 Å². The third-order valence-corrected chi connectivity index (χ3v) is 2.64. The molecule has 1 fully saturated rings. The number of nitrogens with two attached hydrogens (primary N) is 1. The highest BCUT2D eigenvalue weighted by Crippen LogP contribution is 2.17. The third-order valence-electron chi connectivity index (χ3n) is 2.64. The number of nitrogens with zero attached hydrogens (tertiary/aromatic N) is 2. The van der Waals surface area contributed by atoms with E-state index in [4.69, 9.17) is 10.8 Å². The van der Waals surface area contributed by atoms with Crippen LogP contribution >= 0.6 is 0 Å². The molecular formula is C9H21N3O. The number of rotatable bonds is 4. The van der Waals surface area contributed by atoms with E-state index >= 15 is 0 Å². The summed E-state index contributed by atoms with van der Waals surface area (Å²) in [4.78, 5) is 4.48. The fourth-order valence-electron chi connectivity index (χ4n) is 1.65. The molecule has 0 bridgehead atoms. The lowest BCUT2D eigenvalue weighted by molar-refractivity contribution is 0.190. The first-order valence-electron chi connectivity index (χ1n) is 4.82. The van der Waals surface area contributed by atoms with Gasteiger partial charge in [-0.1, -0.05) is 0 Å². The first-order valence-corrected chi connectivity index (χ1v) is 4.82. The Morgan fingerprint density at radius 2 is 2.23 bits per heavy atom. The van der Waals surface area contributed by atoms with Crippen molar-refractivity contribution in [3.63, 3.8) is 0 Å². The average molecular weight is 187 g/mol. The zero-order valence-corrected chi connectivity index (χ0v) is 8.66. The van der Waals surface area contributed by atoms with E-state index in [9.17, 15) is 0 Å². The molecule has 1 atom stereocenters. The van der Waals surface area contributed by atoms with E-state index in [1.54, 1.807) is 0 Å². The Bertz CT molecular complexity index is 163. The summed E-state index contributed by atoms with van der Waals surface area (Å²) in [6.45, 7) is 4.06. The molecule has 0 radical (unpaired) electrons. The maximum absolute atomic E-state index is 9.06. The van der Waals surface area contributed by atoms with Crippen molar-refractivity contribution in [3.8, 4) is 0 Å². The molecule has 1 unspecified atom stereocenters. The first-order chi connectivity index (χ1) is 6.06. The van der Waals surface area contributed by atoms with Crippen LogP contribution in [0.1, 0.15) is 6.42 Å². The van der Waals surface area contributed by atoms with Crippen molar-refractivity contribution in [2.75, 3.05) is 46.9 Å². The van der Waals surface area contributed by atoms with Crippen LogP contribution in [0.5, 0.6) is 0 Å². The molecule has 0 aliphatic carbocycles. The molecule has 0 aromatic heterocycles. The minimum absolute atomic E-state index is 0.103. The Morgan fingerprint density at radius 1 is 1.54 bits per heavy atom. The predicted molar refractivity (Wildman–Crippen MR) is 53.6 cm³/mol. The monoisotopic (exact) mass is 187 g/mol. The highest BCUT2D eigenvalue weighted by Gasteiger charge is 2.33. The summed E-state index contributed by atoms with van der Waals surface area (Å²) < 4.78 is 0. The van der Waals surface area contributed by atoms with Crippen LogP contribution in [0, 0.1) is 0 Å². The van der Waals surface area contributed by atoms with Gasteiger partial charge in [-0.05, 0) is 20.5 Å². The molecule has 0 spiro atoms. The van der Waals surface area contributed by atoms with E-state index in [-0.39, 0.29) is 12.1 Å². The summed E-state index contributed by atoms with van der Waals surface area (Å²) in [5.41, 5.74) is 5.61. The lowest BCUT2D eigenvalue weighted by Crippen LogP contribution is -2.46. The van der Waals surface area contributed by atoms with Gasteiger partial charge in [-0.25, -0.2) is 0 Å². The van der Waals surface area contributed by atoms with Gasteiger partial charge in [0.05, 0.1) is 12.1 Å². The molecule has 0 aromatic carbocycles. The van der Waals surface area contributed by atoms with E-state index in [2.05, 4.69) is 23.9 Å². The molecule has 1 aliphatic rings. The second-order valence-electron chi connectivity index (χ2n) is 4.35. The zero-order valence-electron chi connectivity index (χ0n) is 8.66. The molecule has 1 aliphatic heterocycles. The molecule has 13 heavy (non-hydrogen) atoms. The standard InChI is InChI=1S/C9H21N3O/c1-11(2)5-6-12-4-3-9(10,7-12)8-13/h13H,3-8,10H2,1-2H3. The topological polar surface area (TPSA) is 52.7 Å². The summed E-state index contributed by atoms with van der Waals surface area (Å²) >= 11 is 0. The molecular weight excluding hydrogens is 166 g/mol. The highest BCUT2D eigenvalue weighted by molar-refractivity contribution is 4.93. The molecule has 0 amide bonds. The van der Waals surface area contributed by atoms with Crippen molar-refractivity contribution in [3.05, 3.63) is 0 Å². The van der Waals surface area contributed by atoms with Gasteiger partial charge >= 0.3 is 0 Å². The maximum Gasteiger partial charge on any atom is 0.0624 e. The first kappa shape index (κ1) is 10.9. The van der Waals surface area contributed by atoms with Crippen LogP contribution in [0.25, 0.3) is 0 Å². The van der Waals surface area contributed by atoms with Crippen LogP contribution < -0.4 is 5.73 Å². The van der Waals surface area contributed by atoms with Crippen molar-refractivity contribution >= 4 is 0 Å². The summed E-state index contributed by atoms with van der Waals surface area (Å²) in [6.07, 6.45) is 0.914. The third kappa shape index (κ3) is 3.23. The predicted octanol–water partition coefficient (Wildman–Crippen LogP) is -1.06.